The highest BCUT2D eigenvalue weighted by Gasteiger charge is 2.67. The van der Waals surface area contributed by atoms with E-state index in [2.05, 4.69) is 68.9 Å². The van der Waals surface area contributed by atoms with Crippen molar-refractivity contribution in [3.63, 3.8) is 0 Å². The largest absolute Gasteiger partial charge is 0.504 e. The zero-order valence-electron chi connectivity index (χ0n) is 29.1. The van der Waals surface area contributed by atoms with Gasteiger partial charge in [-0.05, 0) is 105 Å². The molecule has 6 atom stereocenters. The summed E-state index contributed by atoms with van der Waals surface area (Å²) >= 11 is 0. The third-order valence-electron chi connectivity index (χ3n) is 14.7. The standard InChI is InChI=1S/C38H54N4O4/c1-24-26-8-9-29-36(4,27(26)20-28(43)31(24)44)13-15-38(6)30-21-35(3,12-10-34(30,2)11-14-37(29,38)5)39-32(45)33(46)42-22-25(23-42)41-18-16-40(7)17-19-41/h8-9,20,25,30,44H,10-19,21-23H2,1-7H3,(H,39,45)/t30?,34-,35-,36+,37-,38+/m1/s1. The summed E-state index contributed by atoms with van der Waals surface area (Å²) in [5, 5.41) is 13.7. The van der Waals surface area contributed by atoms with Crippen molar-refractivity contribution in [2.24, 2.45) is 27.6 Å². The first-order valence-corrected chi connectivity index (χ1v) is 17.7. The van der Waals surface area contributed by atoms with Gasteiger partial charge in [-0.15, -0.1) is 0 Å². The molecule has 0 aromatic carbocycles. The Hall–Kier alpha value is -2.71. The smallest absolute Gasteiger partial charge is 0.312 e. The minimum atomic E-state index is -0.448. The molecule has 46 heavy (non-hydrogen) atoms. The normalized spacial score (nSPS) is 41.6. The number of aliphatic hydroxyl groups is 1. The molecule has 2 heterocycles. The van der Waals surface area contributed by atoms with Gasteiger partial charge in [0.15, 0.2) is 5.76 Å². The predicted molar refractivity (Wildman–Crippen MR) is 179 cm³/mol. The van der Waals surface area contributed by atoms with Gasteiger partial charge >= 0.3 is 11.8 Å². The molecule has 0 spiro atoms. The Morgan fingerprint density at radius 1 is 0.913 bits per heavy atom. The molecular weight excluding hydrogens is 576 g/mol. The zero-order valence-corrected chi connectivity index (χ0v) is 29.1. The van der Waals surface area contributed by atoms with E-state index in [-0.39, 0.29) is 39.1 Å². The van der Waals surface area contributed by atoms with Crippen LogP contribution < -0.4 is 5.32 Å². The van der Waals surface area contributed by atoms with E-state index < -0.39 is 11.4 Å². The summed E-state index contributed by atoms with van der Waals surface area (Å²) in [6.07, 6.45) is 13.1. The summed E-state index contributed by atoms with van der Waals surface area (Å²) in [6.45, 7) is 19.2. The average Bonchev–Trinajstić information content (AvgIpc) is 2.99. The van der Waals surface area contributed by atoms with Crippen LogP contribution in [0.15, 0.2) is 46.3 Å². The number of hydrogen-bond donors (Lipinski definition) is 2. The van der Waals surface area contributed by atoms with E-state index in [1.165, 1.54) is 5.57 Å². The third-order valence-corrected chi connectivity index (χ3v) is 14.7. The first-order valence-electron chi connectivity index (χ1n) is 17.7. The number of fused-ring (bicyclic) bond motifs is 7. The number of nitrogens with zero attached hydrogens (tertiary/aromatic N) is 3. The third kappa shape index (κ3) is 4.48. The molecule has 2 N–H and O–H groups in total. The number of likely N-dealkylation sites (tertiary alicyclic amines) is 1. The van der Waals surface area contributed by atoms with Gasteiger partial charge in [-0.25, -0.2) is 0 Å². The lowest BCUT2D eigenvalue weighted by molar-refractivity contribution is -0.161. The van der Waals surface area contributed by atoms with Gasteiger partial charge in [-0.2, -0.15) is 0 Å². The van der Waals surface area contributed by atoms with E-state index in [9.17, 15) is 19.5 Å². The van der Waals surface area contributed by atoms with Crippen molar-refractivity contribution in [1.82, 2.24) is 20.0 Å². The Morgan fingerprint density at radius 3 is 2.28 bits per heavy atom. The Kier molecular flexibility index (Phi) is 7.20. The predicted octanol–water partition coefficient (Wildman–Crippen LogP) is 4.94. The SMILES string of the molecule is CC1=C(O)C(=O)C=C2C1=CC=C1[C@@]2(C)CC[C@@]2(C)C3C[C@](C)(NC(=O)C(=O)N4CC(N5CCN(C)CC5)C4)CC[C@]3(C)CC[C@]12C. The molecule has 7 aliphatic rings. The molecule has 2 amide bonds. The van der Waals surface area contributed by atoms with Crippen molar-refractivity contribution in [3.05, 3.63) is 46.3 Å². The highest BCUT2D eigenvalue weighted by atomic mass is 16.3. The number of carbonyl (C=O) groups excluding carboxylic acids is 3. The summed E-state index contributed by atoms with van der Waals surface area (Å²) in [4.78, 5) is 46.1. The molecule has 0 bridgehead atoms. The van der Waals surface area contributed by atoms with Gasteiger partial charge in [0.1, 0.15) is 0 Å². The van der Waals surface area contributed by atoms with Crippen LogP contribution in [0.1, 0.15) is 86.5 Å². The second kappa shape index (κ2) is 10.4. The topological polar surface area (TPSA) is 93.2 Å². The lowest BCUT2D eigenvalue weighted by Crippen LogP contribution is -2.67. The van der Waals surface area contributed by atoms with Crippen molar-refractivity contribution < 1.29 is 19.5 Å². The van der Waals surface area contributed by atoms with Gasteiger partial charge in [0.05, 0.1) is 0 Å². The second-order valence-electron chi connectivity index (χ2n) is 17.3. The van der Waals surface area contributed by atoms with Crippen LogP contribution in [0.2, 0.25) is 0 Å². The number of aliphatic hydroxyl groups excluding tert-OH is 1. The molecule has 5 aliphatic carbocycles. The van der Waals surface area contributed by atoms with Crippen LogP contribution in [0.4, 0.5) is 0 Å². The van der Waals surface area contributed by atoms with Crippen LogP contribution >= 0.6 is 0 Å². The highest BCUT2D eigenvalue weighted by Crippen LogP contribution is 2.75. The summed E-state index contributed by atoms with van der Waals surface area (Å²) in [5.41, 5.74) is 3.52. The molecule has 2 saturated heterocycles. The number of rotatable bonds is 2. The molecule has 3 saturated carbocycles. The molecule has 7 rings (SSSR count). The molecule has 2 aliphatic heterocycles. The molecule has 8 nitrogen and oxygen atoms in total. The Bertz CT molecular complexity index is 1510. The van der Waals surface area contributed by atoms with E-state index in [1.807, 2.05) is 6.92 Å². The first-order chi connectivity index (χ1) is 21.5. The number of ketones is 1. The monoisotopic (exact) mass is 630 g/mol. The maximum atomic E-state index is 13.5. The van der Waals surface area contributed by atoms with Gasteiger partial charge in [-0.1, -0.05) is 45.4 Å². The number of allylic oxidation sites excluding steroid dienone is 7. The molecule has 250 valence electrons. The number of piperazine rings is 1. The van der Waals surface area contributed by atoms with Gasteiger partial charge in [0.25, 0.3) is 0 Å². The lowest BCUT2D eigenvalue weighted by atomic mass is 9.35. The van der Waals surface area contributed by atoms with Gasteiger partial charge in [0.2, 0.25) is 5.78 Å². The molecule has 0 aromatic heterocycles. The molecular formula is C38H54N4O4. The van der Waals surface area contributed by atoms with Crippen LogP contribution in [0, 0.1) is 27.6 Å². The first kappa shape index (κ1) is 31.9. The second-order valence-corrected chi connectivity index (χ2v) is 17.3. The van der Waals surface area contributed by atoms with E-state index in [4.69, 9.17) is 0 Å². The Balaban J connectivity index is 1.10. The van der Waals surface area contributed by atoms with E-state index in [0.717, 1.165) is 82.3 Å². The number of carbonyl (C=O) groups is 3. The van der Waals surface area contributed by atoms with Gasteiger partial charge < -0.3 is 20.2 Å². The minimum Gasteiger partial charge on any atom is -0.504 e. The van der Waals surface area contributed by atoms with Crippen LogP contribution in [-0.4, -0.2) is 95.3 Å². The van der Waals surface area contributed by atoms with Crippen molar-refractivity contribution >= 4 is 17.6 Å². The number of hydrogen-bond acceptors (Lipinski definition) is 6. The summed E-state index contributed by atoms with van der Waals surface area (Å²) in [7, 11) is 2.15. The molecule has 8 heteroatoms. The summed E-state index contributed by atoms with van der Waals surface area (Å²) in [6, 6.07) is 0.362. The minimum absolute atomic E-state index is 0.00737. The van der Waals surface area contributed by atoms with Crippen LogP contribution in [0.3, 0.4) is 0 Å². The number of amides is 2. The van der Waals surface area contributed by atoms with Crippen molar-refractivity contribution in [2.75, 3.05) is 46.3 Å². The fraction of sp³-hybridized carbons (Fsp3) is 0.711. The van der Waals surface area contributed by atoms with Crippen LogP contribution in [0.25, 0.3) is 0 Å². The number of likely N-dealkylation sites (N-methyl/N-ethyl adjacent to an activating group) is 1. The fourth-order valence-electron chi connectivity index (χ4n) is 11.1. The van der Waals surface area contributed by atoms with E-state index in [1.54, 1.807) is 11.0 Å². The van der Waals surface area contributed by atoms with E-state index >= 15 is 0 Å². The lowest BCUT2D eigenvalue weighted by Gasteiger charge is -2.70. The maximum Gasteiger partial charge on any atom is 0.312 e. The molecule has 5 fully saturated rings. The van der Waals surface area contributed by atoms with Crippen molar-refractivity contribution in [2.45, 2.75) is 98.1 Å². The summed E-state index contributed by atoms with van der Waals surface area (Å²) in [5.74, 6) is -0.878. The molecule has 0 aromatic rings. The summed E-state index contributed by atoms with van der Waals surface area (Å²) < 4.78 is 0. The zero-order chi connectivity index (χ0) is 33.0. The maximum absolute atomic E-state index is 13.5. The van der Waals surface area contributed by atoms with Gasteiger partial charge in [-0.3, -0.25) is 19.3 Å². The van der Waals surface area contributed by atoms with Crippen LogP contribution in [0.5, 0.6) is 0 Å². The van der Waals surface area contributed by atoms with Crippen molar-refractivity contribution in [1.29, 1.82) is 0 Å². The highest BCUT2D eigenvalue weighted by molar-refractivity contribution is 6.35. The van der Waals surface area contributed by atoms with E-state index in [0.29, 0.717) is 30.6 Å². The Labute approximate surface area is 275 Å². The van der Waals surface area contributed by atoms with Crippen molar-refractivity contribution in [3.8, 4) is 0 Å². The quantitative estimate of drug-likeness (QED) is 0.420. The Morgan fingerprint density at radius 2 is 1.59 bits per heavy atom. The molecule has 1 unspecified atom stereocenters. The van der Waals surface area contributed by atoms with Crippen LogP contribution in [-0.2, 0) is 14.4 Å². The van der Waals surface area contributed by atoms with Gasteiger partial charge in [0, 0.05) is 61.8 Å². The average molecular weight is 631 g/mol. The fourth-order valence-corrected chi connectivity index (χ4v) is 11.1. The molecule has 0 radical (unpaired) electrons. The number of nitrogens with one attached hydrogen (secondary N) is 1.